The van der Waals surface area contributed by atoms with Gasteiger partial charge in [-0.2, -0.15) is 0 Å². The van der Waals surface area contributed by atoms with E-state index in [-0.39, 0.29) is 17.2 Å². The molecule has 1 atom stereocenters. The van der Waals surface area contributed by atoms with Crippen LogP contribution in [0.25, 0.3) is 0 Å². The van der Waals surface area contributed by atoms with Gasteiger partial charge < -0.3 is 15.5 Å². The zero-order valence-corrected chi connectivity index (χ0v) is 16.0. The Kier molecular flexibility index (Phi) is 5.37. The van der Waals surface area contributed by atoms with Crippen molar-refractivity contribution in [3.8, 4) is 0 Å². The van der Waals surface area contributed by atoms with Gasteiger partial charge in [0.15, 0.2) is 0 Å². The fourth-order valence-corrected chi connectivity index (χ4v) is 4.44. The van der Waals surface area contributed by atoms with Crippen LogP contribution >= 0.6 is 0 Å². The van der Waals surface area contributed by atoms with Gasteiger partial charge in [-0.3, -0.25) is 9.59 Å². The molecule has 0 aromatic heterocycles. The minimum atomic E-state index is -0.885. The molecule has 2 fully saturated rings. The molecule has 0 saturated carbocycles. The van der Waals surface area contributed by atoms with Crippen molar-refractivity contribution < 1.29 is 9.59 Å². The lowest BCUT2D eigenvalue weighted by molar-refractivity contribution is -0.144. The Morgan fingerprint density at radius 2 is 1.85 bits per heavy atom. The molecule has 2 heterocycles. The molecule has 1 aromatic carbocycles. The Hall–Kier alpha value is -1.88. The van der Waals surface area contributed by atoms with Crippen LogP contribution in [0.2, 0.25) is 0 Å². The molecule has 0 bridgehead atoms. The molecule has 1 spiro atoms. The summed E-state index contributed by atoms with van der Waals surface area (Å²) in [5, 5.41) is 0. The van der Waals surface area contributed by atoms with Crippen LogP contribution in [0.5, 0.6) is 0 Å². The Balaban J connectivity index is 1.60. The van der Waals surface area contributed by atoms with E-state index in [0.29, 0.717) is 12.8 Å². The van der Waals surface area contributed by atoms with Gasteiger partial charge in [0.25, 0.3) is 0 Å². The molecule has 1 aromatic rings. The standard InChI is InChI=1S/C21H31N3O2/c1-3-23-16-21(10-9-18(23)25)11-13-24(14-12-21)19(26)20(2,22)15-17-7-5-4-6-8-17/h4-8H,3,9-16,22H2,1-2H3. The van der Waals surface area contributed by atoms with Gasteiger partial charge in [0.05, 0.1) is 5.54 Å². The Morgan fingerprint density at radius 1 is 1.19 bits per heavy atom. The number of hydrogen-bond donors (Lipinski definition) is 1. The molecule has 2 N–H and O–H groups in total. The second-order valence-corrected chi connectivity index (χ2v) is 8.28. The van der Waals surface area contributed by atoms with Crippen molar-refractivity contribution in [3.63, 3.8) is 0 Å². The molecule has 0 aliphatic carbocycles. The number of amides is 2. The van der Waals surface area contributed by atoms with Crippen LogP contribution in [-0.4, -0.2) is 53.3 Å². The van der Waals surface area contributed by atoms with E-state index in [9.17, 15) is 9.59 Å². The first kappa shape index (κ1) is 18.9. The van der Waals surface area contributed by atoms with Crippen molar-refractivity contribution in [2.75, 3.05) is 26.2 Å². The molecule has 2 aliphatic heterocycles. The van der Waals surface area contributed by atoms with E-state index in [2.05, 4.69) is 0 Å². The van der Waals surface area contributed by atoms with E-state index < -0.39 is 5.54 Å². The Morgan fingerprint density at radius 3 is 2.46 bits per heavy atom. The largest absolute Gasteiger partial charge is 0.342 e. The number of nitrogens with zero attached hydrogens (tertiary/aromatic N) is 2. The smallest absolute Gasteiger partial charge is 0.242 e. The zero-order valence-electron chi connectivity index (χ0n) is 16.0. The topological polar surface area (TPSA) is 66.6 Å². The minimum Gasteiger partial charge on any atom is -0.342 e. The number of benzene rings is 1. The van der Waals surface area contributed by atoms with Crippen LogP contribution in [-0.2, 0) is 16.0 Å². The molecule has 5 nitrogen and oxygen atoms in total. The van der Waals surface area contributed by atoms with Crippen molar-refractivity contribution in [1.82, 2.24) is 9.80 Å². The summed E-state index contributed by atoms with van der Waals surface area (Å²) in [5.74, 6) is 0.310. The number of carbonyl (C=O) groups excluding carboxylic acids is 2. The number of nitrogens with two attached hydrogens (primary N) is 1. The Bertz CT molecular complexity index is 648. The van der Waals surface area contributed by atoms with Crippen LogP contribution in [0.15, 0.2) is 30.3 Å². The molecule has 0 radical (unpaired) electrons. The van der Waals surface area contributed by atoms with E-state index in [1.807, 2.05) is 54.0 Å². The first-order valence-corrected chi connectivity index (χ1v) is 9.75. The van der Waals surface area contributed by atoms with Crippen molar-refractivity contribution in [2.24, 2.45) is 11.1 Å². The number of likely N-dealkylation sites (tertiary alicyclic amines) is 2. The summed E-state index contributed by atoms with van der Waals surface area (Å²) in [5.41, 5.74) is 6.80. The summed E-state index contributed by atoms with van der Waals surface area (Å²) in [6, 6.07) is 9.95. The number of rotatable bonds is 4. The summed E-state index contributed by atoms with van der Waals surface area (Å²) in [6.45, 7) is 6.98. The van der Waals surface area contributed by atoms with Gasteiger partial charge in [0.2, 0.25) is 11.8 Å². The zero-order chi connectivity index (χ0) is 18.8. The lowest BCUT2D eigenvalue weighted by Gasteiger charge is -2.48. The molecular weight excluding hydrogens is 326 g/mol. The van der Waals surface area contributed by atoms with Crippen LogP contribution < -0.4 is 5.73 Å². The SMILES string of the molecule is CCN1CC2(CCC1=O)CCN(C(=O)C(C)(N)Cc1ccccc1)CC2. The van der Waals surface area contributed by atoms with E-state index in [0.717, 1.165) is 51.0 Å². The molecule has 26 heavy (non-hydrogen) atoms. The van der Waals surface area contributed by atoms with Gasteiger partial charge in [-0.05, 0) is 50.5 Å². The highest BCUT2D eigenvalue weighted by Gasteiger charge is 2.43. The van der Waals surface area contributed by atoms with Crippen LogP contribution in [0, 0.1) is 5.41 Å². The molecule has 142 valence electrons. The second-order valence-electron chi connectivity index (χ2n) is 8.28. The van der Waals surface area contributed by atoms with E-state index in [1.165, 1.54) is 0 Å². The highest BCUT2D eigenvalue weighted by molar-refractivity contribution is 5.86. The van der Waals surface area contributed by atoms with E-state index in [4.69, 9.17) is 5.73 Å². The third kappa shape index (κ3) is 3.93. The number of carbonyl (C=O) groups is 2. The van der Waals surface area contributed by atoms with Crippen molar-refractivity contribution in [2.45, 2.75) is 51.5 Å². The van der Waals surface area contributed by atoms with Gasteiger partial charge in [0, 0.05) is 32.6 Å². The number of piperidine rings is 2. The summed E-state index contributed by atoms with van der Waals surface area (Å²) >= 11 is 0. The molecule has 3 rings (SSSR count). The molecule has 1 unspecified atom stereocenters. The van der Waals surface area contributed by atoms with Crippen LogP contribution in [0.3, 0.4) is 0 Å². The normalized spacial score (nSPS) is 22.3. The lowest BCUT2D eigenvalue weighted by atomic mass is 9.72. The van der Waals surface area contributed by atoms with E-state index >= 15 is 0 Å². The quantitative estimate of drug-likeness (QED) is 0.898. The van der Waals surface area contributed by atoms with Crippen LogP contribution in [0.4, 0.5) is 0 Å². The predicted octanol–water partition coefficient (Wildman–Crippen LogP) is 2.20. The predicted molar refractivity (Wildman–Crippen MR) is 102 cm³/mol. The highest BCUT2D eigenvalue weighted by Crippen LogP contribution is 2.40. The van der Waals surface area contributed by atoms with Crippen molar-refractivity contribution in [1.29, 1.82) is 0 Å². The fourth-order valence-electron chi connectivity index (χ4n) is 4.44. The molecule has 2 saturated heterocycles. The molecule has 2 amide bonds. The van der Waals surface area contributed by atoms with E-state index in [1.54, 1.807) is 0 Å². The van der Waals surface area contributed by atoms with Crippen LogP contribution in [0.1, 0.15) is 45.1 Å². The lowest BCUT2D eigenvalue weighted by Crippen LogP contribution is -2.58. The third-order valence-electron chi connectivity index (χ3n) is 6.14. The first-order valence-electron chi connectivity index (χ1n) is 9.75. The summed E-state index contributed by atoms with van der Waals surface area (Å²) in [7, 11) is 0. The second kappa shape index (κ2) is 7.39. The molecule has 5 heteroatoms. The van der Waals surface area contributed by atoms with Gasteiger partial charge in [-0.1, -0.05) is 30.3 Å². The number of hydrogen-bond acceptors (Lipinski definition) is 3. The Labute approximate surface area is 156 Å². The monoisotopic (exact) mass is 357 g/mol. The van der Waals surface area contributed by atoms with Crippen molar-refractivity contribution in [3.05, 3.63) is 35.9 Å². The van der Waals surface area contributed by atoms with Crippen molar-refractivity contribution >= 4 is 11.8 Å². The summed E-state index contributed by atoms with van der Waals surface area (Å²) in [4.78, 5) is 28.9. The molecule has 2 aliphatic rings. The highest BCUT2D eigenvalue weighted by atomic mass is 16.2. The fraction of sp³-hybridized carbons (Fsp3) is 0.619. The summed E-state index contributed by atoms with van der Waals surface area (Å²) in [6.07, 6.45) is 4.07. The first-order chi connectivity index (χ1) is 12.4. The minimum absolute atomic E-state index is 0.0374. The van der Waals surface area contributed by atoms with Gasteiger partial charge >= 0.3 is 0 Å². The maximum atomic E-state index is 13.0. The molecular formula is C21H31N3O2. The maximum Gasteiger partial charge on any atom is 0.242 e. The van der Waals surface area contributed by atoms with Gasteiger partial charge in [-0.25, -0.2) is 0 Å². The maximum absolute atomic E-state index is 13.0. The third-order valence-corrected chi connectivity index (χ3v) is 6.14. The summed E-state index contributed by atoms with van der Waals surface area (Å²) < 4.78 is 0. The van der Waals surface area contributed by atoms with Gasteiger partial charge in [-0.15, -0.1) is 0 Å². The average molecular weight is 357 g/mol. The average Bonchev–Trinajstić information content (AvgIpc) is 2.64. The van der Waals surface area contributed by atoms with Gasteiger partial charge in [0.1, 0.15) is 0 Å².